The van der Waals surface area contributed by atoms with Gasteiger partial charge in [-0.2, -0.15) is 10.2 Å². The average molecular weight is 407 g/mol. The van der Waals surface area contributed by atoms with Crippen molar-refractivity contribution in [1.29, 1.82) is 0 Å². The van der Waals surface area contributed by atoms with Crippen LogP contribution in [0.2, 0.25) is 0 Å². The second kappa shape index (κ2) is 8.08. The van der Waals surface area contributed by atoms with Crippen LogP contribution in [0.4, 0.5) is 0 Å². The molecule has 1 N–H and O–H groups in total. The molecular formula is C24H17N5O2. The summed E-state index contributed by atoms with van der Waals surface area (Å²) in [5, 5.41) is 9.81. The zero-order valence-corrected chi connectivity index (χ0v) is 16.3. The van der Waals surface area contributed by atoms with Gasteiger partial charge >= 0.3 is 0 Å². The number of amides is 1. The first-order valence-electron chi connectivity index (χ1n) is 9.65. The van der Waals surface area contributed by atoms with E-state index in [1.807, 2.05) is 66.9 Å². The topological polar surface area (TPSA) is 85.3 Å². The minimum absolute atomic E-state index is 0.343. The molecular weight excluding hydrogens is 390 g/mol. The molecule has 0 unspecified atom stereocenters. The van der Waals surface area contributed by atoms with Crippen molar-refractivity contribution in [3.8, 4) is 17.1 Å². The number of nitrogens with one attached hydrogen (secondary N) is 1. The van der Waals surface area contributed by atoms with E-state index in [4.69, 9.17) is 9.52 Å². The quantitative estimate of drug-likeness (QED) is 0.345. The summed E-state index contributed by atoms with van der Waals surface area (Å²) in [4.78, 5) is 16.2. The molecule has 0 fully saturated rings. The highest BCUT2D eigenvalue weighted by molar-refractivity contribution is 5.95. The Morgan fingerprint density at radius 2 is 1.87 bits per heavy atom. The van der Waals surface area contributed by atoms with Crippen LogP contribution in [0.3, 0.4) is 0 Å². The van der Waals surface area contributed by atoms with Crippen LogP contribution in [-0.2, 0) is 0 Å². The predicted molar refractivity (Wildman–Crippen MR) is 118 cm³/mol. The highest BCUT2D eigenvalue weighted by atomic mass is 16.3. The smallest absolute Gasteiger partial charge is 0.272 e. The number of rotatable bonds is 5. The molecule has 150 valence electrons. The van der Waals surface area contributed by atoms with Crippen LogP contribution >= 0.6 is 0 Å². The van der Waals surface area contributed by atoms with Gasteiger partial charge in [0.15, 0.2) is 5.76 Å². The van der Waals surface area contributed by atoms with E-state index in [0.29, 0.717) is 22.6 Å². The lowest BCUT2D eigenvalue weighted by Crippen LogP contribution is -2.17. The van der Waals surface area contributed by atoms with Crippen molar-refractivity contribution in [1.82, 2.24) is 20.2 Å². The molecule has 7 heteroatoms. The lowest BCUT2D eigenvalue weighted by atomic mass is 10.2. The molecule has 3 heterocycles. The highest BCUT2D eigenvalue weighted by Gasteiger charge is 2.15. The highest BCUT2D eigenvalue weighted by Crippen LogP contribution is 2.29. The number of hydrogen-bond donors (Lipinski definition) is 1. The number of nitrogens with zero attached hydrogens (tertiary/aromatic N) is 4. The molecule has 5 aromatic rings. The van der Waals surface area contributed by atoms with E-state index in [-0.39, 0.29) is 5.91 Å². The molecule has 0 radical (unpaired) electrons. The van der Waals surface area contributed by atoms with Gasteiger partial charge in [-0.25, -0.2) is 10.1 Å². The Hall–Kier alpha value is -4.52. The first-order chi connectivity index (χ1) is 15.3. The standard InChI is InChI=1S/C24H17N5O2/c30-24(18-8-6-12-25-14-18)27-26-15-19-16-29(20-9-2-1-3-10-20)28-23(19)22-13-17-7-4-5-11-21(17)31-22/h1-16H,(H,27,30)/b26-15+. The maximum absolute atomic E-state index is 12.2. The van der Waals surface area contributed by atoms with Crippen molar-refractivity contribution >= 4 is 23.1 Å². The van der Waals surface area contributed by atoms with Gasteiger partial charge in [-0.3, -0.25) is 9.78 Å². The van der Waals surface area contributed by atoms with Crippen LogP contribution in [0.5, 0.6) is 0 Å². The molecule has 0 atom stereocenters. The molecule has 0 saturated heterocycles. The Morgan fingerprint density at radius 3 is 2.68 bits per heavy atom. The minimum Gasteiger partial charge on any atom is -0.454 e. The molecule has 0 spiro atoms. The molecule has 0 bridgehead atoms. The summed E-state index contributed by atoms with van der Waals surface area (Å²) in [6.45, 7) is 0. The zero-order chi connectivity index (χ0) is 21.0. The van der Waals surface area contributed by atoms with Crippen molar-refractivity contribution in [2.75, 3.05) is 0 Å². The Kier molecular flexibility index (Phi) is 4.82. The van der Waals surface area contributed by atoms with Crippen molar-refractivity contribution in [2.24, 2.45) is 5.10 Å². The molecule has 7 nitrogen and oxygen atoms in total. The first-order valence-corrected chi connectivity index (χ1v) is 9.65. The fourth-order valence-electron chi connectivity index (χ4n) is 3.21. The van der Waals surface area contributed by atoms with E-state index in [1.165, 1.54) is 6.20 Å². The monoisotopic (exact) mass is 407 g/mol. The molecule has 5 rings (SSSR count). The fraction of sp³-hybridized carbons (Fsp3) is 0. The van der Waals surface area contributed by atoms with Crippen molar-refractivity contribution < 1.29 is 9.21 Å². The maximum atomic E-state index is 12.2. The Morgan fingerprint density at radius 1 is 1.03 bits per heavy atom. The van der Waals surface area contributed by atoms with Gasteiger partial charge in [0, 0.05) is 29.5 Å². The number of aromatic nitrogens is 3. The van der Waals surface area contributed by atoms with Gasteiger partial charge < -0.3 is 4.42 Å². The number of carbonyl (C=O) groups is 1. The van der Waals surface area contributed by atoms with Gasteiger partial charge in [0.2, 0.25) is 0 Å². The van der Waals surface area contributed by atoms with Crippen LogP contribution in [0.15, 0.2) is 101 Å². The normalized spacial score (nSPS) is 11.2. The summed E-state index contributed by atoms with van der Waals surface area (Å²) in [6, 6.07) is 22.8. The van der Waals surface area contributed by atoms with Crippen LogP contribution in [0.1, 0.15) is 15.9 Å². The molecule has 0 aliphatic carbocycles. The van der Waals surface area contributed by atoms with Crippen molar-refractivity contribution in [3.05, 3.63) is 103 Å². The van der Waals surface area contributed by atoms with Gasteiger partial charge in [0.05, 0.1) is 17.5 Å². The van der Waals surface area contributed by atoms with E-state index in [0.717, 1.165) is 16.7 Å². The number of pyridine rings is 1. The molecule has 0 saturated carbocycles. The van der Waals surface area contributed by atoms with Crippen molar-refractivity contribution in [2.45, 2.75) is 0 Å². The van der Waals surface area contributed by atoms with Gasteiger partial charge in [-0.05, 0) is 36.4 Å². The summed E-state index contributed by atoms with van der Waals surface area (Å²) in [5.41, 5.74) is 5.96. The summed E-state index contributed by atoms with van der Waals surface area (Å²) < 4.78 is 7.76. The molecule has 1 amide bonds. The summed E-state index contributed by atoms with van der Waals surface area (Å²) in [7, 11) is 0. The number of hydrogen-bond acceptors (Lipinski definition) is 5. The molecule has 3 aromatic heterocycles. The second-order valence-corrected chi connectivity index (χ2v) is 6.80. The third kappa shape index (κ3) is 3.84. The maximum Gasteiger partial charge on any atom is 0.272 e. The largest absolute Gasteiger partial charge is 0.454 e. The SMILES string of the molecule is O=C(N/N=C/c1cn(-c2ccccc2)nc1-c1cc2ccccc2o1)c1cccnc1. The third-order valence-corrected chi connectivity index (χ3v) is 4.72. The lowest BCUT2D eigenvalue weighted by Gasteiger charge is -1.98. The molecule has 0 aliphatic heterocycles. The summed E-state index contributed by atoms with van der Waals surface area (Å²) in [6.07, 6.45) is 6.50. The predicted octanol–water partition coefficient (Wildman–Crippen LogP) is 4.44. The number of para-hydroxylation sites is 2. The third-order valence-electron chi connectivity index (χ3n) is 4.72. The van der Waals surface area contributed by atoms with Crippen molar-refractivity contribution in [3.63, 3.8) is 0 Å². The van der Waals surface area contributed by atoms with Gasteiger partial charge in [0.1, 0.15) is 11.3 Å². The Labute approximate surface area is 177 Å². The van der Waals surface area contributed by atoms with E-state index in [1.54, 1.807) is 29.2 Å². The van der Waals surface area contributed by atoms with Gasteiger partial charge in [-0.1, -0.05) is 36.4 Å². The number of benzene rings is 2. The molecule has 0 aliphatic rings. The van der Waals surface area contributed by atoms with Gasteiger partial charge in [0.25, 0.3) is 5.91 Å². The number of fused-ring (bicyclic) bond motifs is 1. The lowest BCUT2D eigenvalue weighted by molar-refractivity contribution is 0.0955. The number of carbonyl (C=O) groups excluding carboxylic acids is 1. The zero-order valence-electron chi connectivity index (χ0n) is 16.3. The van der Waals surface area contributed by atoms with E-state index in [2.05, 4.69) is 15.5 Å². The van der Waals surface area contributed by atoms with E-state index >= 15 is 0 Å². The molecule has 31 heavy (non-hydrogen) atoms. The Bertz CT molecular complexity index is 1340. The van der Waals surface area contributed by atoms with Crippen LogP contribution in [-0.4, -0.2) is 26.9 Å². The van der Waals surface area contributed by atoms with Crippen LogP contribution in [0.25, 0.3) is 28.1 Å². The fourth-order valence-corrected chi connectivity index (χ4v) is 3.21. The van der Waals surface area contributed by atoms with E-state index in [9.17, 15) is 4.79 Å². The van der Waals surface area contributed by atoms with Gasteiger partial charge in [-0.15, -0.1) is 0 Å². The second-order valence-electron chi connectivity index (χ2n) is 6.80. The van der Waals surface area contributed by atoms with Crippen LogP contribution in [0, 0.1) is 0 Å². The average Bonchev–Trinajstić information content (AvgIpc) is 3.44. The molecule has 2 aromatic carbocycles. The first kappa shape index (κ1) is 18.5. The Balaban J connectivity index is 1.50. The number of hydrazone groups is 1. The number of furan rings is 1. The van der Waals surface area contributed by atoms with E-state index < -0.39 is 0 Å². The summed E-state index contributed by atoms with van der Waals surface area (Å²) in [5.74, 6) is 0.279. The summed E-state index contributed by atoms with van der Waals surface area (Å²) >= 11 is 0. The van der Waals surface area contributed by atoms with Crippen LogP contribution < -0.4 is 5.43 Å². The minimum atomic E-state index is -0.343.